The van der Waals surface area contributed by atoms with Crippen LogP contribution in [0.4, 0.5) is 0 Å². The Morgan fingerprint density at radius 2 is 1.95 bits per heavy atom. The highest BCUT2D eigenvalue weighted by Crippen LogP contribution is 2.77. The summed E-state index contributed by atoms with van der Waals surface area (Å²) in [6.07, 6.45) is 7.13. The highest BCUT2D eigenvalue weighted by Gasteiger charge is 2.82. The molecule has 2 aromatic rings. The molecule has 2 aliphatic heterocycles. The van der Waals surface area contributed by atoms with Gasteiger partial charge in [0.25, 0.3) is 5.91 Å². The van der Waals surface area contributed by atoms with Gasteiger partial charge in [-0.05, 0) is 68.2 Å². The van der Waals surface area contributed by atoms with Crippen molar-refractivity contribution in [2.24, 2.45) is 11.3 Å². The van der Waals surface area contributed by atoms with E-state index < -0.39 is 17.1 Å². The third-order valence-electron chi connectivity index (χ3n) is 10.8. The minimum absolute atomic E-state index is 0.131. The second-order valence-electron chi connectivity index (χ2n) is 12.4. The van der Waals surface area contributed by atoms with Gasteiger partial charge in [0.15, 0.2) is 11.5 Å². The van der Waals surface area contributed by atoms with Crippen LogP contribution in [0.25, 0.3) is 0 Å². The molecule has 4 bridgehead atoms. The predicted octanol–water partition coefficient (Wildman–Crippen LogP) is 3.54. The standard InChI is InChI=1S/C31H34N2O4/c1-32(17-19-5-3-2-4-6-19)28(36)22-16-29-11-12-31(27(22)35)30(29)13-14-33(18-20-7-8-20)24(29)15-21-9-10-23(34)26(37-31)25(21)30/h2-6,9-10,16,20,24,27,34-35H,7-8,11-15,17-18H2,1H3/t24-,27?,29+,30+,31?/m1/s1. The van der Waals surface area contributed by atoms with Gasteiger partial charge in [-0.3, -0.25) is 9.69 Å². The van der Waals surface area contributed by atoms with Crippen LogP contribution in [-0.4, -0.2) is 63.8 Å². The van der Waals surface area contributed by atoms with E-state index in [9.17, 15) is 15.0 Å². The van der Waals surface area contributed by atoms with Crippen LogP contribution in [0, 0.1) is 11.3 Å². The quantitative estimate of drug-likeness (QED) is 0.660. The molecule has 1 saturated heterocycles. The van der Waals surface area contributed by atoms with Crippen molar-refractivity contribution in [1.82, 2.24) is 9.80 Å². The van der Waals surface area contributed by atoms with Gasteiger partial charge in [0, 0.05) is 42.7 Å². The molecule has 1 spiro atoms. The van der Waals surface area contributed by atoms with Gasteiger partial charge in [0.2, 0.25) is 0 Å². The number of aliphatic hydroxyl groups excluding tert-OH is 1. The summed E-state index contributed by atoms with van der Waals surface area (Å²) in [5.41, 5.74) is 2.28. The van der Waals surface area contributed by atoms with E-state index in [1.54, 1.807) is 11.0 Å². The Kier molecular flexibility index (Phi) is 4.30. The lowest BCUT2D eigenvalue weighted by Crippen LogP contribution is -2.73. The van der Waals surface area contributed by atoms with Crippen LogP contribution in [0.15, 0.2) is 54.1 Å². The van der Waals surface area contributed by atoms with E-state index in [4.69, 9.17) is 4.74 Å². The minimum atomic E-state index is -1.04. The number of aromatic hydroxyl groups is 1. The molecule has 6 heteroatoms. The summed E-state index contributed by atoms with van der Waals surface area (Å²) in [5, 5.41) is 23.0. The number of carbonyl (C=O) groups excluding carboxylic acids is 1. The number of likely N-dealkylation sites (tertiary alicyclic amines) is 1. The van der Waals surface area contributed by atoms with Gasteiger partial charge in [0.05, 0.1) is 5.41 Å². The zero-order valence-corrected chi connectivity index (χ0v) is 21.3. The maximum Gasteiger partial charge on any atom is 0.252 e. The number of ether oxygens (including phenoxy) is 1. The zero-order chi connectivity index (χ0) is 25.2. The molecule has 6 nitrogen and oxygen atoms in total. The van der Waals surface area contributed by atoms with E-state index in [1.165, 1.54) is 18.4 Å². The molecule has 37 heavy (non-hydrogen) atoms. The molecule has 5 atom stereocenters. The maximum atomic E-state index is 14.0. The second-order valence-corrected chi connectivity index (χ2v) is 12.4. The van der Waals surface area contributed by atoms with E-state index in [-0.39, 0.29) is 23.1 Å². The molecule has 2 saturated carbocycles. The molecule has 2 unspecified atom stereocenters. The largest absolute Gasteiger partial charge is 0.504 e. The molecule has 2 heterocycles. The van der Waals surface area contributed by atoms with Crippen molar-refractivity contribution in [2.75, 3.05) is 20.1 Å². The molecule has 6 aliphatic rings. The third-order valence-corrected chi connectivity index (χ3v) is 10.8. The summed E-state index contributed by atoms with van der Waals surface area (Å²) in [7, 11) is 1.82. The molecule has 0 aromatic heterocycles. The lowest BCUT2D eigenvalue weighted by atomic mass is 9.44. The smallest absolute Gasteiger partial charge is 0.252 e. The summed E-state index contributed by atoms with van der Waals surface area (Å²) in [4.78, 5) is 18.4. The molecule has 192 valence electrons. The molecule has 8 rings (SSSR count). The van der Waals surface area contributed by atoms with Gasteiger partial charge in [-0.2, -0.15) is 0 Å². The number of likely N-dealkylation sites (N-methyl/N-ethyl adjacent to an activating group) is 1. The Hall–Kier alpha value is -2.83. The lowest BCUT2D eigenvalue weighted by molar-refractivity contribution is -0.141. The van der Waals surface area contributed by atoms with Crippen molar-refractivity contribution in [3.05, 3.63) is 70.8 Å². The van der Waals surface area contributed by atoms with Crippen LogP contribution >= 0.6 is 0 Å². The van der Waals surface area contributed by atoms with Crippen molar-refractivity contribution in [2.45, 2.75) is 68.2 Å². The second kappa shape index (κ2) is 7.17. The average molecular weight is 499 g/mol. The third kappa shape index (κ3) is 2.56. The molecule has 2 aromatic carbocycles. The number of carbonyl (C=O) groups is 1. The van der Waals surface area contributed by atoms with Crippen LogP contribution in [0.3, 0.4) is 0 Å². The first-order valence-corrected chi connectivity index (χ1v) is 13.9. The first kappa shape index (κ1) is 22.2. The first-order valence-electron chi connectivity index (χ1n) is 13.9. The number of benzene rings is 2. The number of amides is 1. The van der Waals surface area contributed by atoms with Crippen molar-refractivity contribution in [3.63, 3.8) is 0 Å². The lowest BCUT2D eigenvalue weighted by Gasteiger charge is -2.64. The van der Waals surface area contributed by atoms with Crippen molar-refractivity contribution in [1.29, 1.82) is 0 Å². The number of nitrogens with zero attached hydrogens (tertiary/aromatic N) is 2. The number of rotatable bonds is 5. The van der Waals surface area contributed by atoms with Crippen LogP contribution in [0.2, 0.25) is 0 Å². The summed E-state index contributed by atoms with van der Waals surface area (Å²) >= 11 is 0. The van der Waals surface area contributed by atoms with Crippen molar-refractivity contribution < 1.29 is 19.7 Å². The van der Waals surface area contributed by atoms with Gasteiger partial charge < -0.3 is 19.8 Å². The van der Waals surface area contributed by atoms with Gasteiger partial charge >= 0.3 is 0 Å². The van der Waals surface area contributed by atoms with E-state index in [2.05, 4.69) is 17.0 Å². The van der Waals surface area contributed by atoms with Crippen LogP contribution < -0.4 is 4.74 Å². The van der Waals surface area contributed by atoms with E-state index in [0.29, 0.717) is 24.3 Å². The predicted molar refractivity (Wildman–Crippen MR) is 138 cm³/mol. The van der Waals surface area contributed by atoms with E-state index in [0.717, 1.165) is 49.4 Å². The topological polar surface area (TPSA) is 73.2 Å². The van der Waals surface area contributed by atoms with E-state index >= 15 is 0 Å². The first-order chi connectivity index (χ1) is 17.9. The fourth-order valence-electron chi connectivity index (χ4n) is 9.17. The molecule has 3 fully saturated rings. The van der Waals surface area contributed by atoms with Crippen molar-refractivity contribution in [3.8, 4) is 11.5 Å². The summed E-state index contributed by atoms with van der Waals surface area (Å²) in [5.74, 6) is 1.35. The monoisotopic (exact) mass is 498 g/mol. The number of hydrogen-bond donors (Lipinski definition) is 2. The Balaban J connectivity index is 1.28. The van der Waals surface area contributed by atoms with Crippen LogP contribution in [0.5, 0.6) is 11.5 Å². The van der Waals surface area contributed by atoms with Gasteiger partial charge in [0.1, 0.15) is 11.7 Å². The Labute approximate surface area is 217 Å². The molecular formula is C31H34N2O4. The molecule has 4 aliphatic carbocycles. The molecule has 1 amide bonds. The SMILES string of the molecule is CN(Cc1ccccc1)C(=O)C1=C[C@]23CCC4(Oc5c(O)ccc6c5[C@]42CCN(CC2CC2)[C@@H]3C6)C1O. The van der Waals surface area contributed by atoms with Crippen LogP contribution in [0.1, 0.15) is 48.8 Å². The van der Waals surface area contributed by atoms with Crippen molar-refractivity contribution >= 4 is 5.91 Å². The molecule has 0 radical (unpaired) electrons. The number of phenolic OH excluding ortho intramolecular Hbond substituents is 1. The number of aliphatic hydroxyl groups is 1. The van der Waals surface area contributed by atoms with Gasteiger partial charge in [-0.25, -0.2) is 0 Å². The highest BCUT2D eigenvalue weighted by atomic mass is 16.5. The normalized spacial score (nSPS) is 36.5. The fourth-order valence-corrected chi connectivity index (χ4v) is 9.17. The highest BCUT2D eigenvalue weighted by molar-refractivity contribution is 5.96. The molecular weight excluding hydrogens is 464 g/mol. The summed E-state index contributed by atoms with van der Waals surface area (Å²) in [6, 6.07) is 14.1. The Bertz CT molecular complexity index is 1350. The van der Waals surface area contributed by atoms with Gasteiger partial charge in [-0.15, -0.1) is 0 Å². The number of phenols is 1. The summed E-state index contributed by atoms with van der Waals surface area (Å²) in [6.45, 7) is 2.57. The molecule has 2 N–H and O–H groups in total. The average Bonchev–Trinajstić information content (AvgIpc) is 3.61. The van der Waals surface area contributed by atoms with Gasteiger partial charge in [-0.1, -0.05) is 42.5 Å². The Morgan fingerprint density at radius 3 is 2.73 bits per heavy atom. The summed E-state index contributed by atoms with van der Waals surface area (Å²) < 4.78 is 6.77. The number of hydrogen-bond acceptors (Lipinski definition) is 5. The van der Waals surface area contributed by atoms with E-state index in [1.807, 2.05) is 37.4 Å². The Morgan fingerprint density at radius 1 is 1.14 bits per heavy atom. The van der Waals surface area contributed by atoms with Crippen LogP contribution in [-0.2, 0) is 23.2 Å². The fraction of sp³-hybridized carbons (Fsp3) is 0.516. The maximum absolute atomic E-state index is 14.0. The number of piperidine rings is 1. The minimum Gasteiger partial charge on any atom is -0.504 e. The zero-order valence-electron chi connectivity index (χ0n) is 21.3.